The zero-order chi connectivity index (χ0) is 14.7. The summed E-state index contributed by atoms with van der Waals surface area (Å²) < 4.78 is 40.6. The molecule has 106 valence electrons. The third kappa shape index (κ3) is 3.22. The van der Waals surface area contributed by atoms with Gasteiger partial charge in [0.2, 0.25) is 0 Å². The summed E-state index contributed by atoms with van der Waals surface area (Å²) in [6, 6.07) is 8.31. The van der Waals surface area contributed by atoms with Crippen molar-refractivity contribution < 1.29 is 13.2 Å². The van der Waals surface area contributed by atoms with E-state index in [0.29, 0.717) is 10.9 Å². The summed E-state index contributed by atoms with van der Waals surface area (Å²) in [7, 11) is 1.67. The van der Waals surface area contributed by atoms with Crippen LogP contribution in [0.5, 0.6) is 0 Å². The van der Waals surface area contributed by atoms with Gasteiger partial charge in [0.25, 0.3) is 0 Å². The molecule has 2 aromatic rings. The molecule has 2 aromatic carbocycles. The van der Waals surface area contributed by atoms with Crippen molar-refractivity contribution in [2.24, 2.45) is 0 Å². The third-order valence-corrected chi connectivity index (χ3v) is 3.74. The first-order chi connectivity index (χ1) is 9.52. The molecular formula is C15H13BrF3N. The molecule has 0 heterocycles. The molecule has 0 bridgehead atoms. The van der Waals surface area contributed by atoms with Crippen molar-refractivity contribution in [2.75, 3.05) is 7.05 Å². The van der Waals surface area contributed by atoms with Gasteiger partial charge in [0.15, 0.2) is 11.6 Å². The van der Waals surface area contributed by atoms with Gasteiger partial charge in [-0.15, -0.1) is 0 Å². The van der Waals surface area contributed by atoms with E-state index in [4.69, 9.17) is 0 Å². The molecule has 2 rings (SSSR count). The van der Waals surface area contributed by atoms with Crippen molar-refractivity contribution >= 4 is 15.9 Å². The molecule has 0 fully saturated rings. The minimum atomic E-state index is -0.872. The molecule has 0 aromatic heterocycles. The summed E-state index contributed by atoms with van der Waals surface area (Å²) in [5.74, 6) is -2.08. The zero-order valence-corrected chi connectivity index (χ0v) is 12.3. The summed E-state index contributed by atoms with van der Waals surface area (Å²) in [5, 5.41) is 2.95. The normalized spacial score (nSPS) is 12.4. The highest BCUT2D eigenvalue weighted by atomic mass is 79.9. The number of likely N-dealkylation sites (N-methyl/N-ethyl adjacent to an activating group) is 1. The largest absolute Gasteiger partial charge is 0.313 e. The molecule has 1 atom stereocenters. The molecule has 0 radical (unpaired) electrons. The van der Waals surface area contributed by atoms with Gasteiger partial charge in [-0.05, 0) is 53.2 Å². The van der Waals surface area contributed by atoms with Crippen molar-refractivity contribution in [3.8, 4) is 0 Å². The van der Waals surface area contributed by atoms with Crippen LogP contribution in [0.1, 0.15) is 17.2 Å². The predicted molar refractivity (Wildman–Crippen MR) is 76.0 cm³/mol. The molecule has 0 saturated carbocycles. The SMILES string of the molecule is CNC(Cc1ccc(F)c(Br)c1)c1cccc(F)c1F. The maximum Gasteiger partial charge on any atom is 0.163 e. The lowest BCUT2D eigenvalue weighted by Crippen LogP contribution is -2.20. The highest BCUT2D eigenvalue weighted by Gasteiger charge is 2.17. The highest BCUT2D eigenvalue weighted by Crippen LogP contribution is 2.25. The van der Waals surface area contributed by atoms with Gasteiger partial charge in [0.05, 0.1) is 4.47 Å². The Balaban J connectivity index is 2.28. The van der Waals surface area contributed by atoms with E-state index >= 15 is 0 Å². The highest BCUT2D eigenvalue weighted by molar-refractivity contribution is 9.10. The maximum atomic E-state index is 13.8. The summed E-state index contributed by atoms with van der Waals surface area (Å²) in [6.07, 6.45) is 0.426. The van der Waals surface area contributed by atoms with Crippen molar-refractivity contribution in [2.45, 2.75) is 12.5 Å². The van der Waals surface area contributed by atoms with Gasteiger partial charge >= 0.3 is 0 Å². The van der Waals surface area contributed by atoms with E-state index in [0.717, 1.165) is 11.6 Å². The van der Waals surface area contributed by atoms with E-state index in [9.17, 15) is 13.2 Å². The second-order valence-electron chi connectivity index (χ2n) is 4.44. The quantitative estimate of drug-likeness (QED) is 0.869. The van der Waals surface area contributed by atoms with E-state index in [2.05, 4.69) is 21.2 Å². The average Bonchev–Trinajstić information content (AvgIpc) is 2.43. The lowest BCUT2D eigenvalue weighted by Gasteiger charge is -2.18. The number of halogens is 4. The second kappa shape index (κ2) is 6.41. The van der Waals surface area contributed by atoms with Crippen LogP contribution in [0.3, 0.4) is 0 Å². The molecule has 1 N–H and O–H groups in total. The minimum absolute atomic E-state index is 0.257. The van der Waals surface area contributed by atoms with Crippen LogP contribution in [0.15, 0.2) is 40.9 Å². The van der Waals surface area contributed by atoms with Crippen LogP contribution >= 0.6 is 15.9 Å². The Morgan fingerprint density at radius 1 is 1.10 bits per heavy atom. The van der Waals surface area contributed by atoms with Crippen molar-refractivity contribution in [1.29, 1.82) is 0 Å². The van der Waals surface area contributed by atoms with Gasteiger partial charge in [0.1, 0.15) is 5.82 Å². The Morgan fingerprint density at radius 2 is 1.85 bits per heavy atom. The van der Waals surface area contributed by atoms with Crippen molar-refractivity contribution in [1.82, 2.24) is 5.32 Å². The molecule has 0 spiro atoms. The molecular weight excluding hydrogens is 331 g/mol. The Labute approximate surface area is 123 Å². The standard InChI is InChI=1S/C15H13BrF3N/c1-20-14(10-3-2-4-13(18)15(10)19)8-9-5-6-12(17)11(16)7-9/h2-7,14,20H,8H2,1H3. The minimum Gasteiger partial charge on any atom is -0.313 e. The van der Waals surface area contributed by atoms with Crippen LogP contribution in [0.2, 0.25) is 0 Å². The topological polar surface area (TPSA) is 12.0 Å². The summed E-state index contributed by atoms with van der Waals surface area (Å²) in [4.78, 5) is 0. The van der Waals surface area contributed by atoms with Crippen LogP contribution in [-0.4, -0.2) is 7.05 Å². The van der Waals surface area contributed by atoms with Crippen molar-refractivity contribution in [3.05, 3.63) is 69.4 Å². The summed E-state index contributed by atoms with van der Waals surface area (Å²) >= 11 is 3.11. The van der Waals surface area contributed by atoms with E-state index in [1.54, 1.807) is 19.2 Å². The van der Waals surface area contributed by atoms with Gasteiger partial charge in [-0.2, -0.15) is 0 Å². The first-order valence-corrected chi connectivity index (χ1v) is 6.87. The fourth-order valence-corrected chi connectivity index (χ4v) is 2.49. The van der Waals surface area contributed by atoms with Gasteiger partial charge in [0, 0.05) is 11.6 Å². The van der Waals surface area contributed by atoms with E-state index in [1.807, 2.05) is 0 Å². The van der Waals surface area contributed by atoms with Crippen LogP contribution in [0.4, 0.5) is 13.2 Å². The molecule has 0 aliphatic heterocycles. The fourth-order valence-electron chi connectivity index (χ4n) is 2.06. The van der Waals surface area contributed by atoms with Crippen LogP contribution in [0, 0.1) is 17.5 Å². The number of hydrogen-bond acceptors (Lipinski definition) is 1. The monoisotopic (exact) mass is 343 g/mol. The van der Waals surface area contributed by atoms with Gasteiger partial charge in [-0.3, -0.25) is 0 Å². The zero-order valence-electron chi connectivity index (χ0n) is 10.8. The Kier molecular flexibility index (Phi) is 4.83. The van der Waals surface area contributed by atoms with Crippen LogP contribution in [-0.2, 0) is 6.42 Å². The third-order valence-electron chi connectivity index (χ3n) is 3.13. The molecule has 5 heteroatoms. The van der Waals surface area contributed by atoms with Crippen LogP contribution < -0.4 is 5.32 Å². The number of benzene rings is 2. The van der Waals surface area contributed by atoms with E-state index < -0.39 is 11.6 Å². The smallest absolute Gasteiger partial charge is 0.163 e. The second-order valence-corrected chi connectivity index (χ2v) is 5.29. The Hall–Kier alpha value is -1.33. The number of nitrogens with one attached hydrogen (secondary N) is 1. The number of hydrogen-bond donors (Lipinski definition) is 1. The molecule has 1 unspecified atom stereocenters. The van der Waals surface area contributed by atoms with E-state index in [1.165, 1.54) is 18.2 Å². The molecule has 0 aliphatic carbocycles. The maximum absolute atomic E-state index is 13.8. The van der Waals surface area contributed by atoms with Gasteiger partial charge < -0.3 is 5.32 Å². The summed E-state index contributed by atoms with van der Waals surface area (Å²) in [6.45, 7) is 0. The van der Waals surface area contributed by atoms with Gasteiger partial charge in [-0.1, -0.05) is 18.2 Å². The summed E-state index contributed by atoms with van der Waals surface area (Å²) in [5.41, 5.74) is 1.08. The molecule has 0 amide bonds. The lowest BCUT2D eigenvalue weighted by atomic mass is 9.98. The predicted octanol–water partition coefficient (Wildman–Crippen LogP) is 4.37. The Bertz CT molecular complexity index is 616. The van der Waals surface area contributed by atoms with E-state index in [-0.39, 0.29) is 17.4 Å². The fraction of sp³-hybridized carbons (Fsp3) is 0.200. The Morgan fingerprint density at radius 3 is 2.50 bits per heavy atom. The number of rotatable bonds is 4. The molecule has 20 heavy (non-hydrogen) atoms. The van der Waals surface area contributed by atoms with Crippen molar-refractivity contribution in [3.63, 3.8) is 0 Å². The lowest BCUT2D eigenvalue weighted by molar-refractivity contribution is 0.473. The molecule has 1 nitrogen and oxygen atoms in total. The van der Waals surface area contributed by atoms with Gasteiger partial charge in [-0.25, -0.2) is 13.2 Å². The van der Waals surface area contributed by atoms with Crippen LogP contribution in [0.25, 0.3) is 0 Å². The first-order valence-electron chi connectivity index (χ1n) is 6.08. The molecule has 0 aliphatic rings. The first kappa shape index (κ1) is 15.1. The average molecular weight is 344 g/mol. The molecule has 0 saturated heterocycles.